The van der Waals surface area contributed by atoms with Crippen molar-refractivity contribution in [1.82, 2.24) is 24.8 Å². The quantitative estimate of drug-likeness (QED) is 0.202. The van der Waals surface area contributed by atoms with E-state index in [9.17, 15) is 14.7 Å². The lowest BCUT2D eigenvalue weighted by Gasteiger charge is -2.15. The maximum atomic E-state index is 12.8. The van der Waals surface area contributed by atoms with E-state index in [-0.39, 0.29) is 6.42 Å². The number of nitrogens with zero attached hydrogens (tertiary/aromatic N) is 3. The van der Waals surface area contributed by atoms with Gasteiger partial charge in [-0.2, -0.15) is 0 Å². The normalized spacial score (nSPS) is 11.9. The van der Waals surface area contributed by atoms with Crippen LogP contribution in [0.3, 0.4) is 0 Å². The molecule has 9 heteroatoms. The first-order chi connectivity index (χ1) is 17.5. The number of imidazole rings is 1. The summed E-state index contributed by atoms with van der Waals surface area (Å²) in [5, 5.41) is 15.6. The van der Waals surface area contributed by atoms with Crippen LogP contribution in [0.2, 0.25) is 0 Å². The molecular weight excluding hydrogens is 456 g/mol. The third-order valence-corrected chi connectivity index (χ3v) is 6.06. The molecule has 0 saturated heterocycles. The third kappa shape index (κ3) is 6.50. The van der Waals surface area contributed by atoms with Crippen molar-refractivity contribution >= 4 is 28.7 Å². The maximum absolute atomic E-state index is 12.8. The van der Waals surface area contributed by atoms with E-state index in [0.29, 0.717) is 23.4 Å². The van der Waals surface area contributed by atoms with Gasteiger partial charge in [-0.15, -0.1) is 0 Å². The number of nitrogens with one attached hydrogen (secondary N) is 3. The van der Waals surface area contributed by atoms with E-state index in [1.165, 1.54) is 19.3 Å². The number of H-pyrrole nitrogens is 1. The predicted octanol–water partition coefficient (Wildman–Crippen LogP) is 4.69. The number of carboxylic acids is 1. The first-order valence-electron chi connectivity index (χ1n) is 12.4. The number of aryl methyl sites for hydroxylation is 1. The molecule has 4 rings (SSSR count). The Hall–Kier alpha value is -4.14. The SMILES string of the molecule is CCCCCCNc1cc(-c2nc3ccc(C(=O)NC(CCn4cccc4)C(=O)O)cc3[nH]2)ccn1. The molecule has 1 aromatic carbocycles. The molecule has 0 aliphatic heterocycles. The van der Waals surface area contributed by atoms with Crippen molar-refractivity contribution in [3.05, 3.63) is 66.6 Å². The Morgan fingerprint density at radius 3 is 2.72 bits per heavy atom. The van der Waals surface area contributed by atoms with E-state index < -0.39 is 17.9 Å². The largest absolute Gasteiger partial charge is 0.480 e. The van der Waals surface area contributed by atoms with Crippen LogP contribution in [0.4, 0.5) is 5.82 Å². The molecule has 0 fully saturated rings. The van der Waals surface area contributed by atoms with Crippen molar-refractivity contribution in [1.29, 1.82) is 0 Å². The smallest absolute Gasteiger partial charge is 0.326 e. The number of carbonyl (C=O) groups is 2. The first kappa shape index (κ1) is 25.0. The monoisotopic (exact) mass is 488 g/mol. The van der Waals surface area contributed by atoms with Gasteiger partial charge in [0.1, 0.15) is 17.7 Å². The summed E-state index contributed by atoms with van der Waals surface area (Å²) in [5.41, 5.74) is 2.67. The summed E-state index contributed by atoms with van der Waals surface area (Å²) >= 11 is 0. The molecule has 0 bridgehead atoms. The number of fused-ring (bicyclic) bond motifs is 1. The molecular formula is C27H32N6O3. The topological polar surface area (TPSA) is 125 Å². The Morgan fingerprint density at radius 2 is 1.94 bits per heavy atom. The summed E-state index contributed by atoms with van der Waals surface area (Å²) in [7, 11) is 0. The van der Waals surface area contributed by atoms with E-state index in [4.69, 9.17) is 0 Å². The number of hydrogen-bond donors (Lipinski definition) is 4. The summed E-state index contributed by atoms with van der Waals surface area (Å²) < 4.78 is 1.88. The van der Waals surface area contributed by atoms with Gasteiger partial charge in [-0.25, -0.2) is 14.8 Å². The van der Waals surface area contributed by atoms with E-state index >= 15 is 0 Å². The van der Waals surface area contributed by atoms with E-state index in [1.54, 1.807) is 24.4 Å². The fraction of sp³-hybridized carbons (Fsp3) is 0.333. The van der Waals surface area contributed by atoms with Gasteiger partial charge in [-0.3, -0.25) is 4.79 Å². The van der Waals surface area contributed by atoms with Crippen molar-refractivity contribution in [2.45, 2.75) is 51.6 Å². The van der Waals surface area contributed by atoms with Gasteiger partial charge >= 0.3 is 5.97 Å². The highest BCUT2D eigenvalue weighted by Gasteiger charge is 2.21. The third-order valence-electron chi connectivity index (χ3n) is 6.06. The fourth-order valence-corrected chi connectivity index (χ4v) is 4.03. The van der Waals surface area contributed by atoms with Gasteiger partial charge in [0.2, 0.25) is 0 Å². The van der Waals surface area contributed by atoms with Crippen LogP contribution in [-0.2, 0) is 11.3 Å². The second kappa shape index (κ2) is 12.0. The number of hydrogen-bond acceptors (Lipinski definition) is 5. The molecule has 3 aromatic heterocycles. The molecule has 0 aliphatic rings. The Bertz CT molecular complexity index is 1300. The van der Waals surface area contributed by atoms with E-state index in [2.05, 4.69) is 32.5 Å². The van der Waals surface area contributed by atoms with Crippen LogP contribution in [0, 0.1) is 0 Å². The van der Waals surface area contributed by atoms with Crippen LogP contribution in [0.15, 0.2) is 61.1 Å². The summed E-state index contributed by atoms with van der Waals surface area (Å²) in [6.45, 7) is 3.56. The lowest BCUT2D eigenvalue weighted by Crippen LogP contribution is -2.41. The minimum absolute atomic E-state index is 0.281. The van der Waals surface area contributed by atoms with Gasteiger partial charge in [-0.05, 0) is 55.3 Å². The van der Waals surface area contributed by atoms with Crippen LogP contribution in [-0.4, -0.2) is 49.1 Å². The molecule has 36 heavy (non-hydrogen) atoms. The van der Waals surface area contributed by atoms with Crippen molar-refractivity contribution in [2.75, 3.05) is 11.9 Å². The summed E-state index contributed by atoms with van der Waals surface area (Å²) in [5.74, 6) is -0.0300. The van der Waals surface area contributed by atoms with Crippen molar-refractivity contribution < 1.29 is 14.7 Å². The fourth-order valence-electron chi connectivity index (χ4n) is 4.03. The second-order valence-corrected chi connectivity index (χ2v) is 8.81. The van der Waals surface area contributed by atoms with Crippen LogP contribution in [0.25, 0.3) is 22.4 Å². The summed E-state index contributed by atoms with van der Waals surface area (Å²) in [6.07, 6.45) is 10.5. The molecule has 3 heterocycles. The maximum Gasteiger partial charge on any atom is 0.326 e. The Balaban J connectivity index is 1.43. The van der Waals surface area contributed by atoms with Crippen LogP contribution in [0.1, 0.15) is 49.4 Å². The number of unbranched alkanes of at least 4 members (excludes halogenated alkanes) is 3. The standard InChI is InChI=1S/C27H32N6O3/c1-2-3-4-5-12-28-24-18-19(10-13-29-24)25-30-21-9-8-20(17-23(21)31-25)26(34)32-22(27(35)36)11-16-33-14-6-7-15-33/h6-10,13-15,17-18,22H,2-5,11-12,16H2,1H3,(H,28,29)(H,30,31)(H,32,34)(H,35,36). The van der Waals surface area contributed by atoms with Gasteiger partial charge in [0.05, 0.1) is 11.0 Å². The Labute approximate surface area is 210 Å². The van der Waals surface area contributed by atoms with Crippen LogP contribution in [0.5, 0.6) is 0 Å². The lowest BCUT2D eigenvalue weighted by molar-refractivity contribution is -0.139. The molecule has 0 aliphatic carbocycles. The molecule has 0 saturated carbocycles. The highest BCUT2D eigenvalue weighted by Crippen LogP contribution is 2.23. The van der Waals surface area contributed by atoms with Gasteiger partial charge in [-0.1, -0.05) is 26.2 Å². The summed E-state index contributed by atoms with van der Waals surface area (Å²) in [4.78, 5) is 36.8. The lowest BCUT2D eigenvalue weighted by atomic mass is 10.1. The van der Waals surface area contributed by atoms with Gasteiger partial charge in [0.25, 0.3) is 5.91 Å². The number of benzene rings is 1. The molecule has 9 nitrogen and oxygen atoms in total. The molecule has 188 valence electrons. The van der Waals surface area contributed by atoms with Crippen LogP contribution < -0.4 is 10.6 Å². The summed E-state index contributed by atoms with van der Waals surface area (Å²) in [6, 6.07) is 11.7. The Kier molecular flexibility index (Phi) is 8.33. The van der Waals surface area contributed by atoms with Crippen molar-refractivity contribution in [3.63, 3.8) is 0 Å². The average molecular weight is 489 g/mol. The minimum atomic E-state index is -1.06. The van der Waals surface area contributed by atoms with Gasteiger partial charge < -0.3 is 25.3 Å². The number of carboxylic acid groups (broad SMARTS) is 1. The minimum Gasteiger partial charge on any atom is -0.480 e. The molecule has 1 unspecified atom stereocenters. The molecule has 4 N–H and O–H groups in total. The number of anilines is 1. The number of aromatic nitrogens is 4. The van der Waals surface area contributed by atoms with E-state index in [0.717, 1.165) is 29.9 Å². The molecule has 4 aromatic rings. The van der Waals surface area contributed by atoms with Crippen LogP contribution >= 0.6 is 0 Å². The highest BCUT2D eigenvalue weighted by molar-refractivity contribution is 5.99. The number of aliphatic carboxylic acids is 1. The van der Waals surface area contributed by atoms with Crippen molar-refractivity contribution in [2.24, 2.45) is 0 Å². The molecule has 0 radical (unpaired) electrons. The molecule has 1 atom stereocenters. The highest BCUT2D eigenvalue weighted by atomic mass is 16.4. The predicted molar refractivity (Wildman–Crippen MR) is 140 cm³/mol. The number of rotatable bonds is 13. The average Bonchev–Trinajstić information content (AvgIpc) is 3.56. The number of aromatic amines is 1. The number of carbonyl (C=O) groups excluding carboxylic acids is 1. The Morgan fingerprint density at radius 1 is 1.11 bits per heavy atom. The van der Waals surface area contributed by atoms with Crippen molar-refractivity contribution in [3.8, 4) is 11.4 Å². The zero-order chi connectivity index (χ0) is 25.3. The molecule has 0 spiro atoms. The second-order valence-electron chi connectivity index (χ2n) is 8.81. The number of amides is 1. The zero-order valence-electron chi connectivity index (χ0n) is 20.4. The van der Waals surface area contributed by atoms with E-state index in [1.807, 2.05) is 41.2 Å². The zero-order valence-corrected chi connectivity index (χ0v) is 20.4. The van der Waals surface area contributed by atoms with Gasteiger partial charge in [0.15, 0.2) is 0 Å². The van der Waals surface area contributed by atoms with Gasteiger partial charge in [0, 0.05) is 42.8 Å². The number of pyridine rings is 1. The first-order valence-corrected chi connectivity index (χ1v) is 12.4. The molecule has 1 amide bonds.